The number of methoxy groups -OCH3 is 1. The highest BCUT2D eigenvalue weighted by Gasteiger charge is 2.43. The van der Waals surface area contributed by atoms with Crippen LogP contribution in [0.15, 0.2) is 24.3 Å². The molecule has 1 aromatic rings. The van der Waals surface area contributed by atoms with E-state index in [4.69, 9.17) is 21.7 Å². The van der Waals surface area contributed by atoms with Gasteiger partial charge in [0.25, 0.3) is 0 Å². The zero-order valence-corrected chi connectivity index (χ0v) is 16.2. The number of ether oxygens (including phenoxy) is 2. The lowest BCUT2D eigenvalue weighted by Gasteiger charge is -2.27. The molecule has 1 aromatic carbocycles. The fourth-order valence-electron chi connectivity index (χ4n) is 2.86. The summed E-state index contributed by atoms with van der Waals surface area (Å²) in [5.74, 6) is -0.533. The van der Waals surface area contributed by atoms with E-state index in [2.05, 4.69) is 0 Å². The molecule has 0 N–H and O–H groups in total. The summed E-state index contributed by atoms with van der Waals surface area (Å²) in [7, 11) is 1.32. The molecule has 0 bridgehead atoms. The topological polar surface area (TPSA) is 55.8 Å². The summed E-state index contributed by atoms with van der Waals surface area (Å²) in [5, 5.41) is 0. The van der Waals surface area contributed by atoms with E-state index >= 15 is 0 Å². The van der Waals surface area contributed by atoms with Crippen molar-refractivity contribution in [2.75, 3.05) is 13.7 Å². The molecular formula is C19H25NO4S. The van der Waals surface area contributed by atoms with Gasteiger partial charge in [-0.2, -0.15) is 0 Å². The molecule has 0 spiro atoms. The van der Waals surface area contributed by atoms with E-state index in [1.165, 1.54) is 12.0 Å². The van der Waals surface area contributed by atoms with Crippen LogP contribution in [0.4, 0.5) is 4.79 Å². The highest BCUT2D eigenvalue weighted by molar-refractivity contribution is 7.80. The Balaban J connectivity index is 2.20. The highest BCUT2D eigenvalue weighted by Crippen LogP contribution is 2.29. The van der Waals surface area contributed by atoms with Gasteiger partial charge in [-0.15, -0.1) is 0 Å². The largest absolute Gasteiger partial charge is 0.467 e. The van der Waals surface area contributed by atoms with Crippen LogP contribution in [0, 0.1) is 12.8 Å². The summed E-state index contributed by atoms with van der Waals surface area (Å²) in [4.78, 5) is 26.8. The Hall–Kier alpha value is -1.95. The molecule has 25 heavy (non-hydrogen) atoms. The molecule has 136 valence electrons. The van der Waals surface area contributed by atoms with E-state index in [0.717, 1.165) is 16.0 Å². The number of amides is 1. The minimum absolute atomic E-state index is 0.0886. The molecule has 2 rings (SSSR count). The van der Waals surface area contributed by atoms with Crippen LogP contribution in [-0.4, -0.2) is 47.1 Å². The Morgan fingerprint density at radius 1 is 1.20 bits per heavy atom. The average molecular weight is 363 g/mol. The van der Waals surface area contributed by atoms with Crippen molar-refractivity contribution in [1.82, 2.24) is 4.90 Å². The van der Waals surface area contributed by atoms with E-state index in [9.17, 15) is 9.59 Å². The van der Waals surface area contributed by atoms with Crippen molar-refractivity contribution < 1.29 is 19.1 Å². The van der Waals surface area contributed by atoms with Gasteiger partial charge in [0.1, 0.15) is 11.6 Å². The number of benzene rings is 1. The SMILES string of the molecule is COC(=O)C1CC(C(=S)c2ccc(C)cc2)CN1C(=O)OC(C)(C)C. The van der Waals surface area contributed by atoms with Gasteiger partial charge in [0.2, 0.25) is 0 Å². The predicted octanol–water partition coefficient (Wildman–Crippen LogP) is 3.51. The minimum Gasteiger partial charge on any atom is -0.467 e. The molecule has 1 heterocycles. The number of hydrogen-bond donors (Lipinski definition) is 0. The third kappa shape index (κ3) is 4.78. The molecule has 0 aromatic heterocycles. The summed E-state index contributed by atoms with van der Waals surface area (Å²) >= 11 is 5.62. The van der Waals surface area contributed by atoms with Gasteiger partial charge in [-0.1, -0.05) is 42.0 Å². The number of rotatable bonds is 3. The Bertz CT molecular complexity index is 663. The van der Waals surface area contributed by atoms with Crippen LogP contribution in [0.1, 0.15) is 38.3 Å². The number of hydrogen-bond acceptors (Lipinski definition) is 5. The Morgan fingerprint density at radius 3 is 2.32 bits per heavy atom. The smallest absolute Gasteiger partial charge is 0.411 e. The maximum atomic E-state index is 12.5. The third-order valence-corrected chi connectivity index (χ3v) is 4.68. The molecule has 1 amide bonds. The van der Waals surface area contributed by atoms with Crippen molar-refractivity contribution in [3.8, 4) is 0 Å². The van der Waals surface area contributed by atoms with Crippen LogP contribution in [0.3, 0.4) is 0 Å². The summed E-state index contributed by atoms with van der Waals surface area (Å²) in [6, 6.07) is 7.27. The van der Waals surface area contributed by atoms with Gasteiger partial charge in [0.05, 0.1) is 7.11 Å². The van der Waals surface area contributed by atoms with Gasteiger partial charge in [-0.3, -0.25) is 4.90 Å². The molecule has 1 aliphatic heterocycles. The number of esters is 1. The van der Waals surface area contributed by atoms with Gasteiger partial charge in [-0.05, 0) is 39.7 Å². The Morgan fingerprint density at radius 2 is 1.80 bits per heavy atom. The summed E-state index contributed by atoms with van der Waals surface area (Å²) in [6.07, 6.45) is -0.0735. The second kappa shape index (κ2) is 7.52. The van der Waals surface area contributed by atoms with Crippen LogP contribution in [-0.2, 0) is 14.3 Å². The zero-order chi connectivity index (χ0) is 18.8. The van der Waals surface area contributed by atoms with E-state index in [1.807, 2.05) is 31.2 Å². The molecule has 1 fully saturated rings. The van der Waals surface area contributed by atoms with Crippen molar-refractivity contribution in [3.05, 3.63) is 35.4 Å². The Kier molecular flexibility index (Phi) is 5.83. The Labute approximate surface area is 154 Å². The molecular weight excluding hydrogens is 338 g/mol. The molecule has 1 aliphatic rings. The molecule has 1 saturated heterocycles. The fourth-order valence-corrected chi connectivity index (χ4v) is 3.17. The third-order valence-electron chi connectivity index (χ3n) is 4.11. The number of aryl methyl sites for hydroxylation is 1. The maximum Gasteiger partial charge on any atom is 0.411 e. The van der Waals surface area contributed by atoms with E-state index < -0.39 is 23.7 Å². The van der Waals surface area contributed by atoms with Gasteiger partial charge in [-0.25, -0.2) is 9.59 Å². The van der Waals surface area contributed by atoms with Gasteiger partial charge >= 0.3 is 12.1 Å². The van der Waals surface area contributed by atoms with Crippen LogP contribution < -0.4 is 0 Å². The van der Waals surface area contributed by atoms with Gasteiger partial charge in [0.15, 0.2) is 0 Å². The number of carbonyl (C=O) groups excluding carboxylic acids is 2. The lowest BCUT2D eigenvalue weighted by Crippen LogP contribution is -2.43. The van der Waals surface area contributed by atoms with E-state index in [1.54, 1.807) is 20.8 Å². The van der Waals surface area contributed by atoms with E-state index in [0.29, 0.717) is 13.0 Å². The van der Waals surface area contributed by atoms with Crippen molar-refractivity contribution in [1.29, 1.82) is 0 Å². The number of thiocarbonyl (C=S) groups is 1. The summed E-state index contributed by atoms with van der Waals surface area (Å²) < 4.78 is 10.3. The average Bonchev–Trinajstić information content (AvgIpc) is 2.98. The van der Waals surface area contributed by atoms with Crippen LogP contribution in [0.2, 0.25) is 0 Å². The minimum atomic E-state index is -0.673. The molecule has 2 unspecified atom stereocenters. The molecule has 0 saturated carbocycles. The molecule has 0 aliphatic carbocycles. The van der Waals surface area contributed by atoms with Crippen LogP contribution in [0.5, 0.6) is 0 Å². The second-order valence-electron chi connectivity index (χ2n) is 7.33. The first kappa shape index (κ1) is 19.4. The summed E-state index contributed by atoms with van der Waals surface area (Å²) in [5.41, 5.74) is 1.47. The standard InChI is InChI=1S/C19H25NO4S/c1-12-6-8-13(9-7-12)16(25)14-10-15(17(21)23-5)20(11-14)18(22)24-19(2,3)4/h6-9,14-15H,10-11H2,1-5H3. The maximum absolute atomic E-state index is 12.5. The van der Waals surface area contributed by atoms with Crippen molar-refractivity contribution in [3.63, 3.8) is 0 Å². The zero-order valence-electron chi connectivity index (χ0n) is 15.4. The van der Waals surface area contributed by atoms with E-state index in [-0.39, 0.29) is 5.92 Å². The fraction of sp³-hybridized carbons (Fsp3) is 0.526. The number of carbonyl (C=O) groups is 2. The van der Waals surface area contributed by atoms with Gasteiger partial charge in [0, 0.05) is 17.3 Å². The van der Waals surface area contributed by atoms with Crippen molar-refractivity contribution >= 4 is 29.1 Å². The van der Waals surface area contributed by atoms with Crippen LogP contribution in [0.25, 0.3) is 0 Å². The quantitative estimate of drug-likeness (QED) is 0.467. The second-order valence-corrected chi connectivity index (χ2v) is 7.77. The van der Waals surface area contributed by atoms with Crippen LogP contribution >= 0.6 is 12.2 Å². The first-order valence-corrected chi connectivity index (χ1v) is 8.71. The molecule has 5 nitrogen and oxygen atoms in total. The first-order chi connectivity index (χ1) is 11.6. The molecule has 0 radical (unpaired) electrons. The number of nitrogens with zero attached hydrogens (tertiary/aromatic N) is 1. The van der Waals surface area contributed by atoms with Crippen molar-refractivity contribution in [2.45, 2.75) is 45.8 Å². The molecule has 2 atom stereocenters. The highest BCUT2D eigenvalue weighted by atomic mass is 32.1. The first-order valence-electron chi connectivity index (χ1n) is 8.30. The normalized spacial score (nSPS) is 20.3. The van der Waals surface area contributed by atoms with Crippen molar-refractivity contribution in [2.24, 2.45) is 5.92 Å². The molecule has 6 heteroatoms. The van der Waals surface area contributed by atoms with Gasteiger partial charge < -0.3 is 9.47 Å². The number of likely N-dealkylation sites (tertiary alicyclic amines) is 1. The monoisotopic (exact) mass is 363 g/mol. The lowest BCUT2D eigenvalue weighted by atomic mass is 9.96. The lowest BCUT2D eigenvalue weighted by molar-refractivity contribution is -0.145. The summed E-state index contributed by atoms with van der Waals surface area (Å²) in [6.45, 7) is 7.74. The predicted molar refractivity (Wildman–Crippen MR) is 99.7 cm³/mol.